The van der Waals surface area contributed by atoms with E-state index in [2.05, 4.69) is 57.2 Å². The summed E-state index contributed by atoms with van der Waals surface area (Å²) < 4.78 is 16.8. The molecular weight excluding hydrogens is 733 g/mol. The first-order valence-electron chi connectivity index (χ1n) is 25.5. The molecule has 0 aliphatic carbocycles. The molecule has 344 valence electrons. The maximum Gasteiger partial charge on any atom is 0.306 e. The minimum atomic E-state index is -0.776. The molecule has 0 aromatic carbocycles. The lowest BCUT2D eigenvalue weighted by Gasteiger charge is -2.18. The second-order valence-corrected chi connectivity index (χ2v) is 17.1. The van der Waals surface area contributed by atoms with Gasteiger partial charge >= 0.3 is 17.9 Å². The van der Waals surface area contributed by atoms with Gasteiger partial charge in [0.05, 0.1) is 0 Å². The molecule has 6 nitrogen and oxygen atoms in total. The lowest BCUT2D eigenvalue weighted by atomic mass is 10.0. The average molecular weight is 829 g/mol. The van der Waals surface area contributed by atoms with E-state index >= 15 is 0 Å². The van der Waals surface area contributed by atoms with Crippen LogP contribution in [-0.4, -0.2) is 37.2 Å². The van der Waals surface area contributed by atoms with Crippen molar-refractivity contribution in [1.82, 2.24) is 0 Å². The molecule has 0 aliphatic rings. The number of esters is 3. The summed E-state index contributed by atoms with van der Waals surface area (Å²) in [6.45, 7) is 6.50. The zero-order chi connectivity index (χ0) is 43.0. The third-order valence-electron chi connectivity index (χ3n) is 11.2. The van der Waals surface area contributed by atoms with Gasteiger partial charge in [-0.15, -0.1) is 0 Å². The molecule has 0 heterocycles. The van der Waals surface area contributed by atoms with E-state index in [4.69, 9.17) is 14.2 Å². The van der Waals surface area contributed by atoms with Gasteiger partial charge in [-0.2, -0.15) is 0 Å². The minimum Gasteiger partial charge on any atom is -0.462 e. The van der Waals surface area contributed by atoms with Crippen molar-refractivity contribution in [3.05, 3.63) is 36.5 Å². The zero-order valence-electron chi connectivity index (χ0n) is 39.3. The molecule has 59 heavy (non-hydrogen) atoms. The molecule has 6 heteroatoms. The second kappa shape index (κ2) is 48.3. The third kappa shape index (κ3) is 46.5. The van der Waals surface area contributed by atoms with Gasteiger partial charge in [-0.25, -0.2) is 0 Å². The topological polar surface area (TPSA) is 78.9 Å². The van der Waals surface area contributed by atoms with Gasteiger partial charge in [-0.05, 0) is 38.5 Å². The summed E-state index contributed by atoms with van der Waals surface area (Å²) in [6.07, 6.45) is 55.6. The van der Waals surface area contributed by atoms with Crippen molar-refractivity contribution in [2.75, 3.05) is 13.2 Å². The molecule has 0 saturated carbocycles. The number of rotatable bonds is 46. The quantitative estimate of drug-likeness (QED) is 0.0263. The fourth-order valence-corrected chi connectivity index (χ4v) is 7.38. The van der Waals surface area contributed by atoms with E-state index in [1.165, 1.54) is 141 Å². The summed E-state index contributed by atoms with van der Waals surface area (Å²) >= 11 is 0. The van der Waals surface area contributed by atoms with Crippen LogP contribution in [0, 0.1) is 0 Å². The standard InChI is InChI=1S/C53H96O6/c1-4-7-10-13-16-19-22-24-25-26-27-29-31-34-37-40-43-46-52(55)58-49-50(48-57-51(54)45-42-39-36-33-30-21-18-15-12-9-6-3)59-53(56)47-44-41-38-35-32-28-23-20-17-14-11-8-5-2/h8,11,14,17,20,23,50H,4-7,9-10,12-13,15-16,18-19,21-22,24-49H2,1-3H3/b11-8-,17-14-,23-20-. The smallest absolute Gasteiger partial charge is 0.306 e. The lowest BCUT2D eigenvalue weighted by Crippen LogP contribution is -2.30. The van der Waals surface area contributed by atoms with Crippen LogP contribution in [0.25, 0.3) is 0 Å². The molecular formula is C53H96O6. The van der Waals surface area contributed by atoms with E-state index in [1.807, 2.05) is 0 Å². The van der Waals surface area contributed by atoms with Gasteiger partial charge in [0, 0.05) is 19.3 Å². The fourth-order valence-electron chi connectivity index (χ4n) is 7.38. The molecule has 0 aliphatic heterocycles. The van der Waals surface area contributed by atoms with Crippen LogP contribution in [-0.2, 0) is 28.6 Å². The van der Waals surface area contributed by atoms with Crippen LogP contribution in [0.2, 0.25) is 0 Å². The van der Waals surface area contributed by atoms with E-state index in [-0.39, 0.29) is 31.1 Å². The highest BCUT2D eigenvalue weighted by molar-refractivity contribution is 5.71. The van der Waals surface area contributed by atoms with Crippen LogP contribution in [0.3, 0.4) is 0 Å². The molecule has 0 saturated heterocycles. The molecule has 1 atom stereocenters. The minimum absolute atomic E-state index is 0.0765. The van der Waals surface area contributed by atoms with Crippen LogP contribution in [0.4, 0.5) is 0 Å². The third-order valence-corrected chi connectivity index (χ3v) is 11.2. The summed E-state index contributed by atoms with van der Waals surface area (Å²) in [5.41, 5.74) is 0. The van der Waals surface area contributed by atoms with Crippen molar-refractivity contribution in [3.63, 3.8) is 0 Å². The Balaban J connectivity index is 4.33. The van der Waals surface area contributed by atoms with Gasteiger partial charge in [0.1, 0.15) is 13.2 Å². The van der Waals surface area contributed by atoms with Gasteiger partial charge in [0.15, 0.2) is 6.10 Å². The highest BCUT2D eigenvalue weighted by atomic mass is 16.6. The van der Waals surface area contributed by atoms with Crippen molar-refractivity contribution in [2.24, 2.45) is 0 Å². The summed E-state index contributed by atoms with van der Waals surface area (Å²) in [7, 11) is 0. The predicted molar refractivity (Wildman–Crippen MR) is 252 cm³/mol. The van der Waals surface area contributed by atoms with Crippen LogP contribution >= 0.6 is 0 Å². The van der Waals surface area contributed by atoms with Crippen LogP contribution in [0.15, 0.2) is 36.5 Å². The van der Waals surface area contributed by atoms with Crippen molar-refractivity contribution in [2.45, 2.75) is 271 Å². The number of carbonyl (C=O) groups is 3. The first-order valence-corrected chi connectivity index (χ1v) is 25.5. The number of hydrogen-bond donors (Lipinski definition) is 0. The molecule has 0 radical (unpaired) electrons. The second-order valence-electron chi connectivity index (χ2n) is 17.1. The molecule has 0 spiro atoms. The Kier molecular flexibility index (Phi) is 46.4. The molecule has 0 rings (SSSR count). The van der Waals surface area contributed by atoms with Gasteiger partial charge in [0.2, 0.25) is 0 Å². The Morgan fingerprint density at radius 1 is 0.356 bits per heavy atom. The van der Waals surface area contributed by atoms with Crippen molar-refractivity contribution < 1.29 is 28.6 Å². The molecule has 0 fully saturated rings. The monoisotopic (exact) mass is 829 g/mol. The van der Waals surface area contributed by atoms with Crippen LogP contribution in [0.5, 0.6) is 0 Å². The maximum atomic E-state index is 12.8. The first-order chi connectivity index (χ1) is 29.0. The lowest BCUT2D eigenvalue weighted by molar-refractivity contribution is -0.167. The van der Waals surface area contributed by atoms with E-state index in [1.54, 1.807) is 0 Å². The normalized spacial score (nSPS) is 12.3. The number of unbranched alkanes of at least 4 members (excludes halogenated alkanes) is 31. The zero-order valence-corrected chi connectivity index (χ0v) is 39.3. The number of ether oxygens (including phenoxy) is 3. The molecule has 0 amide bonds. The van der Waals surface area contributed by atoms with Gasteiger partial charge < -0.3 is 14.2 Å². The number of allylic oxidation sites excluding steroid dienone is 6. The highest BCUT2D eigenvalue weighted by Gasteiger charge is 2.19. The Bertz CT molecular complexity index is 1000. The van der Waals surface area contributed by atoms with Gasteiger partial charge in [0.25, 0.3) is 0 Å². The predicted octanol–water partition coefficient (Wildman–Crippen LogP) is 16.5. The van der Waals surface area contributed by atoms with Gasteiger partial charge in [-0.3, -0.25) is 14.4 Å². The van der Waals surface area contributed by atoms with Crippen molar-refractivity contribution in [3.8, 4) is 0 Å². The van der Waals surface area contributed by atoms with Crippen LogP contribution in [0.1, 0.15) is 265 Å². The maximum absolute atomic E-state index is 12.8. The number of carbonyl (C=O) groups excluding carboxylic acids is 3. The summed E-state index contributed by atoms with van der Waals surface area (Å²) in [6, 6.07) is 0. The van der Waals surface area contributed by atoms with E-state index in [0.717, 1.165) is 83.5 Å². The highest BCUT2D eigenvalue weighted by Crippen LogP contribution is 2.16. The summed E-state index contributed by atoms with van der Waals surface area (Å²) in [5, 5.41) is 0. The number of hydrogen-bond acceptors (Lipinski definition) is 6. The average Bonchev–Trinajstić information content (AvgIpc) is 3.23. The molecule has 0 N–H and O–H groups in total. The first kappa shape index (κ1) is 56.6. The largest absolute Gasteiger partial charge is 0.462 e. The molecule has 1 unspecified atom stereocenters. The SMILES string of the molecule is CC\C=C/C=C\C=C/CCCCCCCC(=O)OC(COC(=O)CCCCCCCCCCCCC)COC(=O)CCCCCCCCCCCCCCCCCCC. The fraction of sp³-hybridized carbons (Fsp3) is 0.830. The summed E-state index contributed by atoms with van der Waals surface area (Å²) in [5.74, 6) is -0.887. The Hall–Kier alpha value is -2.37. The van der Waals surface area contributed by atoms with E-state index in [0.29, 0.717) is 19.3 Å². The van der Waals surface area contributed by atoms with Crippen molar-refractivity contribution >= 4 is 17.9 Å². The van der Waals surface area contributed by atoms with Crippen LogP contribution < -0.4 is 0 Å². The van der Waals surface area contributed by atoms with Gasteiger partial charge in [-0.1, -0.05) is 243 Å². The Morgan fingerprint density at radius 3 is 1.02 bits per heavy atom. The van der Waals surface area contributed by atoms with Crippen molar-refractivity contribution in [1.29, 1.82) is 0 Å². The van der Waals surface area contributed by atoms with E-state index in [9.17, 15) is 14.4 Å². The Labute approximate surface area is 365 Å². The molecule has 0 bridgehead atoms. The molecule has 0 aromatic heterocycles. The summed E-state index contributed by atoms with van der Waals surface area (Å²) in [4.78, 5) is 37.9. The van der Waals surface area contributed by atoms with E-state index < -0.39 is 6.10 Å². The Morgan fingerprint density at radius 2 is 0.661 bits per heavy atom. The molecule has 0 aromatic rings.